The fourth-order valence-electron chi connectivity index (χ4n) is 2.72. The molecule has 0 unspecified atom stereocenters. The van der Waals surface area contributed by atoms with Crippen LogP contribution >= 0.6 is 7.14 Å². The number of aryl methyl sites for hydroxylation is 1. The van der Waals surface area contributed by atoms with E-state index in [1.807, 2.05) is 48.5 Å². The van der Waals surface area contributed by atoms with E-state index in [9.17, 15) is 9.36 Å². The number of rotatable bonds is 5. The van der Waals surface area contributed by atoms with Gasteiger partial charge < -0.3 is 4.57 Å². The lowest BCUT2D eigenvalue weighted by Gasteiger charge is -2.18. The summed E-state index contributed by atoms with van der Waals surface area (Å²) in [5.74, 6) is 0. The van der Waals surface area contributed by atoms with Gasteiger partial charge in [0.05, 0.1) is 0 Å². The lowest BCUT2D eigenvalue weighted by atomic mass is 10.1. The molecule has 0 aliphatic carbocycles. The van der Waals surface area contributed by atoms with Gasteiger partial charge in [-0.3, -0.25) is 4.79 Å². The lowest BCUT2D eigenvalue weighted by molar-refractivity contribution is 0.107. The van der Waals surface area contributed by atoms with E-state index in [1.165, 1.54) is 0 Å². The molecule has 0 spiro atoms. The molecule has 3 rings (SSSR count). The molecular formula is C21H19O2P. The highest BCUT2D eigenvalue weighted by atomic mass is 31.2. The molecule has 0 aromatic heterocycles. The molecule has 0 radical (unpaired) electrons. The quantitative estimate of drug-likeness (QED) is 0.648. The molecule has 0 amide bonds. The van der Waals surface area contributed by atoms with Crippen molar-refractivity contribution in [3.8, 4) is 0 Å². The second kappa shape index (κ2) is 6.98. The second-order valence-corrected chi connectivity index (χ2v) is 8.29. The van der Waals surface area contributed by atoms with Crippen LogP contribution in [-0.2, 0) is 11.0 Å². The van der Waals surface area contributed by atoms with E-state index in [0.717, 1.165) is 12.0 Å². The Kier molecular flexibility index (Phi) is 4.78. The van der Waals surface area contributed by atoms with E-state index in [0.29, 0.717) is 16.2 Å². The van der Waals surface area contributed by atoms with E-state index < -0.39 is 7.14 Å². The molecule has 0 atom stereocenters. The Morgan fingerprint density at radius 3 is 1.62 bits per heavy atom. The summed E-state index contributed by atoms with van der Waals surface area (Å²) in [4.78, 5) is 13.2. The number of carbonyl (C=O) groups is 1. The van der Waals surface area contributed by atoms with Crippen LogP contribution in [0.25, 0.3) is 0 Å². The van der Waals surface area contributed by atoms with E-state index in [4.69, 9.17) is 0 Å². The summed E-state index contributed by atoms with van der Waals surface area (Å²) in [6.07, 6.45) is 0.906. The minimum absolute atomic E-state index is 0.317. The van der Waals surface area contributed by atoms with Crippen LogP contribution in [0.4, 0.5) is 0 Å². The average molecular weight is 334 g/mol. The van der Waals surface area contributed by atoms with Crippen LogP contribution in [0.3, 0.4) is 0 Å². The highest BCUT2D eigenvalue weighted by molar-refractivity contribution is 7.93. The van der Waals surface area contributed by atoms with Crippen molar-refractivity contribution < 1.29 is 9.36 Å². The van der Waals surface area contributed by atoms with Crippen molar-refractivity contribution >= 4 is 23.3 Å². The normalized spacial score (nSPS) is 11.2. The fraction of sp³-hybridized carbons (Fsp3) is 0.0952. The minimum Gasteiger partial charge on any atom is -0.305 e. The van der Waals surface area contributed by atoms with Gasteiger partial charge in [-0.25, -0.2) is 0 Å². The maximum Gasteiger partial charge on any atom is 0.230 e. The molecule has 0 aliphatic rings. The van der Waals surface area contributed by atoms with Crippen LogP contribution in [-0.4, -0.2) is 5.52 Å². The van der Waals surface area contributed by atoms with Gasteiger partial charge in [0.25, 0.3) is 0 Å². The number of hydrogen-bond donors (Lipinski definition) is 0. The lowest BCUT2D eigenvalue weighted by Crippen LogP contribution is -2.22. The molecule has 0 fully saturated rings. The topological polar surface area (TPSA) is 34.1 Å². The molecule has 0 N–H and O–H groups in total. The molecule has 2 nitrogen and oxygen atoms in total. The Labute approximate surface area is 142 Å². The van der Waals surface area contributed by atoms with Gasteiger partial charge in [0.1, 0.15) is 0 Å². The molecule has 120 valence electrons. The van der Waals surface area contributed by atoms with Crippen LogP contribution in [0, 0.1) is 0 Å². The number of carbonyl (C=O) groups excluding carboxylic acids is 1. The van der Waals surface area contributed by atoms with Crippen LogP contribution in [0.5, 0.6) is 0 Å². The highest BCUT2D eigenvalue weighted by Gasteiger charge is 2.36. The van der Waals surface area contributed by atoms with Gasteiger partial charge in [-0.15, -0.1) is 0 Å². The van der Waals surface area contributed by atoms with Crippen molar-refractivity contribution in [2.24, 2.45) is 0 Å². The van der Waals surface area contributed by atoms with Crippen molar-refractivity contribution in [2.75, 3.05) is 0 Å². The molecule has 3 aromatic carbocycles. The van der Waals surface area contributed by atoms with Crippen molar-refractivity contribution in [1.82, 2.24) is 0 Å². The maximum absolute atomic E-state index is 13.9. The molecular weight excluding hydrogens is 315 g/mol. The third-order valence-corrected chi connectivity index (χ3v) is 7.02. The smallest absolute Gasteiger partial charge is 0.230 e. The summed E-state index contributed by atoms with van der Waals surface area (Å²) in [6, 6.07) is 25.5. The molecule has 0 saturated carbocycles. The zero-order chi connectivity index (χ0) is 17.0. The highest BCUT2D eigenvalue weighted by Crippen LogP contribution is 2.46. The Bertz CT molecular complexity index is 825. The Hall–Kier alpha value is -2.44. The van der Waals surface area contributed by atoms with Crippen LogP contribution in [0.2, 0.25) is 0 Å². The number of hydrogen-bond acceptors (Lipinski definition) is 2. The Morgan fingerprint density at radius 2 is 1.21 bits per heavy atom. The number of benzene rings is 3. The van der Waals surface area contributed by atoms with E-state index in [1.54, 1.807) is 36.4 Å². The first-order chi connectivity index (χ1) is 11.7. The maximum atomic E-state index is 13.9. The van der Waals surface area contributed by atoms with Gasteiger partial charge in [0, 0.05) is 16.2 Å². The van der Waals surface area contributed by atoms with E-state index in [2.05, 4.69) is 6.92 Å². The standard InChI is InChI=1S/C21H19O2P/c1-2-17-13-15-18(16-14-17)21(22)24(23,19-9-5-3-6-10-19)20-11-7-4-8-12-20/h3-16H,2H2,1H3. The first kappa shape index (κ1) is 16.4. The van der Waals surface area contributed by atoms with Crippen molar-refractivity contribution in [3.05, 3.63) is 96.1 Å². The van der Waals surface area contributed by atoms with Crippen molar-refractivity contribution in [1.29, 1.82) is 0 Å². The Balaban J connectivity index is 2.15. The molecule has 0 bridgehead atoms. The summed E-state index contributed by atoms with van der Waals surface area (Å²) in [5.41, 5.74) is 1.33. The van der Waals surface area contributed by atoms with Crippen molar-refractivity contribution in [2.45, 2.75) is 13.3 Å². The average Bonchev–Trinajstić information content (AvgIpc) is 2.68. The van der Waals surface area contributed by atoms with Crippen molar-refractivity contribution in [3.63, 3.8) is 0 Å². The van der Waals surface area contributed by atoms with E-state index >= 15 is 0 Å². The summed E-state index contributed by atoms with van der Waals surface area (Å²) >= 11 is 0. The zero-order valence-corrected chi connectivity index (χ0v) is 14.4. The summed E-state index contributed by atoms with van der Waals surface area (Å²) in [7, 11) is -3.40. The van der Waals surface area contributed by atoms with Gasteiger partial charge in [-0.2, -0.15) is 0 Å². The third-order valence-electron chi connectivity index (χ3n) is 4.13. The Morgan fingerprint density at radius 1 is 0.750 bits per heavy atom. The van der Waals surface area contributed by atoms with Gasteiger partial charge >= 0.3 is 0 Å². The molecule has 3 aromatic rings. The molecule has 0 heterocycles. The third kappa shape index (κ3) is 2.98. The van der Waals surface area contributed by atoms with Crippen LogP contribution in [0.1, 0.15) is 22.8 Å². The van der Waals surface area contributed by atoms with Gasteiger partial charge in [-0.1, -0.05) is 91.9 Å². The molecule has 0 aliphatic heterocycles. The van der Waals surface area contributed by atoms with E-state index in [-0.39, 0.29) is 5.52 Å². The first-order valence-electron chi connectivity index (χ1n) is 8.01. The fourth-order valence-corrected chi connectivity index (χ4v) is 5.19. The predicted molar refractivity (Wildman–Crippen MR) is 99.9 cm³/mol. The van der Waals surface area contributed by atoms with Crippen LogP contribution in [0.15, 0.2) is 84.9 Å². The van der Waals surface area contributed by atoms with Gasteiger partial charge in [0.15, 0.2) is 0 Å². The largest absolute Gasteiger partial charge is 0.305 e. The molecule has 24 heavy (non-hydrogen) atoms. The monoisotopic (exact) mass is 334 g/mol. The zero-order valence-electron chi connectivity index (χ0n) is 13.6. The van der Waals surface area contributed by atoms with Crippen LogP contribution < -0.4 is 10.6 Å². The minimum atomic E-state index is -3.40. The summed E-state index contributed by atoms with van der Waals surface area (Å²) < 4.78 is 13.9. The summed E-state index contributed by atoms with van der Waals surface area (Å²) in [6.45, 7) is 2.07. The van der Waals surface area contributed by atoms with Gasteiger partial charge in [-0.05, 0) is 12.0 Å². The molecule has 0 saturated heterocycles. The first-order valence-corrected chi connectivity index (χ1v) is 9.72. The predicted octanol–water partition coefficient (Wildman–Crippen LogP) is 4.40. The summed E-state index contributed by atoms with van der Waals surface area (Å²) in [5, 5.41) is 1.14. The second-order valence-electron chi connectivity index (χ2n) is 5.64. The SMILES string of the molecule is CCc1ccc(C(=O)P(=O)(c2ccccc2)c2ccccc2)cc1. The molecule has 3 heteroatoms. The van der Waals surface area contributed by atoms with Gasteiger partial charge in [0.2, 0.25) is 12.7 Å².